The molecule has 0 N–H and O–H groups in total. The molecule has 1 amide bonds. The maximum Gasteiger partial charge on any atom is 0.255 e. The first-order valence-electron chi connectivity index (χ1n) is 9.07. The van der Waals surface area contributed by atoms with Gasteiger partial charge in [-0.15, -0.1) is 0 Å². The first-order chi connectivity index (χ1) is 12.6. The van der Waals surface area contributed by atoms with E-state index in [1.54, 1.807) is 18.6 Å². The first-order valence-corrected chi connectivity index (χ1v) is 9.07. The maximum atomic E-state index is 12.9. The van der Waals surface area contributed by atoms with Crippen molar-refractivity contribution < 1.29 is 14.3 Å². The molecular weight excluding hydrogens is 332 g/mol. The number of aromatic nitrogens is 3. The molecule has 7 heteroatoms. The van der Waals surface area contributed by atoms with Crippen LogP contribution in [0, 0.1) is 6.92 Å². The lowest BCUT2D eigenvalue weighted by molar-refractivity contribution is -0.0881. The topological polar surface area (TPSA) is 69.5 Å². The summed E-state index contributed by atoms with van der Waals surface area (Å²) < 4.78 is 14.1. The van der Waals surface area contributed by atoms with Gasteiger partial charge in [0.25, 0.3) is 5.91 Å². The third kappa shape index (κ3) is 3.64. The van der Waals surface area contributed by atoms with Crippen molar-refractivity contribution in [3.05, 3.63) is 48.0 Å². The van der Waals surface area contributed by atoms with Gasteiger partial charge in [0, 0.05) is 31.3 Å². The van der Waals surface area contributed by atoms with E-state index in [0.29, 0.717) is 31.9 Å². The van der Waals surface area contributed by atoms with Gasteiger partial charge in [-0.3, -0.25) is 14.5 Å². The van der Waals surface area contributed by atoms with Crippen LogP contribution in [0.1, 0.15) is 28.8 Å². The molecule has 138 valence electrons. The van der Waals surface area contributed by atoms with E-state index in [2.05, 4.69) is 10.1 Å². The maximum absolute atomic E-state index is 12.9. The Morgan fingerprint density at radius 3 is 3.15 bits per heavy atom. The summed E-state index contributed by atoms with van der Waals surface area (Å²) in [6, 6.07) is 3.79. The van der Waals surface area contributed by atoms with E-state index in [-0.39, 0.29) is 12.0 Å². The van der Waals surface area contributed by atoms with Crippen LogP contribution in [0.2, 0.25) is 0 Å². The Hall–Kier alpha value is -2.25. The molecule has 26 heavy (non-hydrogen) atoms. The van der Waals surface area contributed by atoms with Crippen LogP contribution in [0.15, 0.2) is 36.9 Å². The lowest BCUT2D eigenvalue weighted by atomic mass is 9.99. The highest BCUT2D eigenvalue weighted by Crippen LogP contribution is 2.34. The fourth-order valence-electron chi connectivity index (χ4n) is 3.80. The molecule has 2 aromatic heterocycles. The van der Waals surface area contributed by atoms with Crippen LogP contribution in [-0.4, -0.2) is 63.6 Å². The molecule has 0 unspecified atom stereocenters. The molecule has 2 aliphatic rings. The predicted octanol–water partition coefficient (Wildman–Crippen LogP) is 1.68. The number of aryl methyl sites for hydroxylation is 1. The van der Waals surface area contributed by atoms with Gasteiger partial charge in [0.2, 0.25) is 0 Å². The summed E-state index contributed by atoms with van der Waals surface area (Å²) >= 11 is 0. The zero-order chi connectivity index (χ0) is 18.0. The normalized spacial score (nSPS) is 26.2. The lowest BCUT2D eigenvalue weighted by Crippen LogP contribution is -2.46. The van der Waals surface area contributed by atoms with Gasteiger partial charge < -0.3 is 14.4 Å². The van der Waals surface area contributed by atoms with Gasteiger partial charge in [-0.05, 0) is 37.5 Å². The van der Waals surface area contributed by atoms with Gasteiger partial charge >= 0.3 is 0 Å². The van der Waals surface area contributed by atoms with Crippen LogP contribution >= 0.6 is 0 Å². The van der Waals surface area contributed by atoms with Gasteiger partial charge in [-0.1, -0.05) is 0 Å². The molecule has 2 aromatic rings. The summed E-state index contributed by atoms with van der Waals surface area (Å²) in [5.74, 6) is -0.00907. The smallest absolute Gasteiger partial charge is 0.255 e. The van der Waals surface area contributed by atoms with E-state index < -0.39 is 5.60 Å². The predicted molar refractivity (Wildman–Crippen MR) is 94.8 cm³/mol. The van der Waals surface area contributed by atoms with Crippen molar-refractivity contribution in [2.45, 2.75) is 38.0 Å². The van der Waals surface area contributed by atoms with Crippen molar-refractivity contribution in [3.63, 3.8) is 0 Å². The van der Waals surface area contributed by atoms with Crippen molar-refractivity contribution in [2.24, 2.45) is 0 Å². The minimum atomic E-state index is -0.429. The van der Waals surface area contributed by atoms with E-state index in [1.165, 1.54) is 0 Å². The molecule has 1 spiro atoms. The van der Waals surface area contributed by atoms with E-state index in [1.807, 2.05) is 34.8 Å². The van der Waals surface area contributed by atoms with Crippen molar-refractivity contribution >= 4 is 5.91 Å². The van der Waals surface area contributed by atoms with E-state index in [0.717, 1.165) is 24.9 Å². The molecule has 0 saturated carbocycles. The van der Waals surface area contributed by atoms with Crippen LogP contribution in [-0.2, 0) is 16.0 Å². The van der Waals surface area contributed by atoms with Gasteiger partial charge in [-0.2, -0.15) is 5.10 Å². The largest absolute Gasteiger partial charge is 0.377 e. The highest BCUT2D eigenvalue weighted by atomic mass is 16.6. The molecule has 2 saturated heterocycles. The summed E-state index contributed by atoms with van der Waals surface area (Å²) in [6.07, 6.45) is 9.02. The Morgan fingerprint density at radius 1 is 1.42 bits per heavy atom. The molecular formula is C19H24N4O3. The summed E-state index contributed by atoms with van der Waals surface area (Å²) in [6.45, 7) is 4.84. The number of ether oxygens (including phenoxy) is 2. The Kier molecular flexibility index (Phi) is 4.74. The zero-order valence-corrected chi connectivity index (χ0v) is 15.0. The molecule has 2 aliphatic heterocycles. The minimum absolute atomic E-state index is 0.00907. The van der Waals surface area contributed by atoms with Gasteiger partial charge in [-0.25, -0.2) is 0 Å². The Morgan fingerprint density at radius 2 is 2.35 bits per heavy atom. The van der Waals surface area contributed by atoms with Crippen LogP contribution in [0.25, 0.3) is 0 Å². The third-order valence-electron chi connectivity index (χ3n) is 5.05. The van der Waals surface area contributed by atoms with Crippen molar-refractivity contribution in [3.8, 4) is 0 Å². The quantitative estimate of drug-likeness (QED) is 0.837. The van der Waals surface area contributed by atoms with Crippen molar-refractivity contribution in [1.82, 2.24) is 19.7 Å². The minimum Gasteiger partial charge on any atom is -0.377 e. The van der Waals surface area contributed by atoms with Crippen LogP contribution in [0.5, 0.6) is 0 Å². The van der Waals surface area contributed by atoms with Gasteiger partial charge in [0.15, 0.2) is 0 Å². The van der Waals surface area contributed by atoms with Crippen molar-refractivity contribution in [1.29, 1.82) is 0 Å². The number of carbonyl (C=O) groups is 1. The number of pyridine rings is 1. The highest BCUT2D eigenvalue weighted by Gasteiger charge is 2.44. The standard InChI is InChI=1S/C19H24N4O3/c1-15-9-16(11-20-10-15)18(24)22-7-8-25-14-19(13-22)4-3-17(26-19)12-23-6-2-5-21-23/h2,5-6,9-11,17H,3-4,7-8,12-14H2,1H3/t17-,19-/m1/s1. The monoisotopic (exact) mass is 356 g/mol. The SMILES string of the molecule is Cc1cncc(C(=O)N2CCOC[C@@]3(CC[C@H](Cn4cccn4)O3)C2)c1. The lowest BCUT2D eigenvalue weighted by Gasteiger charge is -2.32. The molecule has 2 atom stereocenters. The van der Waals surface area contributed by atoms with Crippen molar-refractivity contribution in [2.75, 3.05) is 26.3 Å². The summed E-state index contributed by atoms with van der Waals surface area (Å²) in [4.78, 5) is 18.9. The Bertz CT molecular complexity index is 764. The summed E-state index contributed by atoms with van der Waals surface area (Å²) in [5, 5.41) is 4.26. The number of hydrogen-bond donors (Lipinski definition) is 0. The molecule has 4 rings (SSSR count). The van der Waals surface area contributed by atoms with Gasteiger partial charge in [0.05, 0.1) is 38.0 Å². The van der Waals surface area contributed by atoms with E-state index in [9.17, 15) is 4.79 Å². The fourth-order valence-corrected chi connectivity index (χ4v) is 3.80. The summed E-state index contributed by atoms with van der Waals surface area (Å²) in [5.41, 5.74) is 1.17. The number of hydrogen-bond acceptors (Lipinski definition) is 5. The second-order valence-electron chi connectivity index (χ2n) is 7.22. The Labute approximate surface area is 152 Å². The van der Waals surface area contributed by atoms with Crippen LogP contribution < -0.4 is 0 Å². The number of amides is 1. The third-order valence-corrected chi connectivity index (χ3v) is 5.05. The van der Waals surface area contributed by atoms with Crippen LogP contribution in [0.4, 0.5) is 0 Å². The number of nitrogens with zero attached hydrogens (tertiary/aromatic N) is 4. The molecule has 0 aliphatic carbocycles. The number of carbonyl (C=O) groups excluding carboxylic acids is 1. The second kappa shape index (κ2) is 7.17. The fraction of sp³-hybridized carbons (Fsp3) is 0.526. The molecule has 0 bridgehead atoms. The average molecular weight is 356 g/mol. The zero-order valence-electron chi connectivity index (χ0n) is 15.0. The highest BCUT2D eigenvalue weighted by molar-refractivity contribution is 5.94. The number of rotatable bonds is 3. The molecule has 0 aromatic carbocycles. The first kappa shape index (κ1) is 17.2. The molecule has 4 heterocycles. The molecule has 0 radical (unpaired) electrons. The van der Waals surface area contributed by atoms with Crippen LogP contribution in [0.3, 0.4) is 0 Å². The van der Waals surface area contributed by atoms with E-state index >= 15 is 0 Å². The van der Waals surface area contributed by atoms with Gasteiger partial charge in [0.1, 0.15) is 5.60 Å². The molecule has 2 fully saturated rings. The Balaban J connectivity index is 1.46. The average Bonchev–Trinajstić information content (AvgIpc) is 3.22. The summed E-state index contributed by atoms with van der Waals surface area (Å²) in [7, 11) is 0. The second-order valence-corrected chi connectivity index (χ2v) is 7.22. The van der Waals surface area contributed by atoms with E-state index in [4.69, 9.17) is 9.47 Å². The molecule has 7 nitrogen and oxygen atoms in total.